The number of aliphatic hydroxyl groups is 1. The number of ketones is 1. The van der Waals surface area contributed by atoms with E-state index in [0.717, 1.165) is 19.3 Å². The molecule has 3 rings (SSSR count). The monoisotopic (exact) mass is 168 g/mol. The predicted octanol–water partition coefficient (Wildman–Crippen LogP) is 1.52. The Bertz CT molecular complexity index is 229. The number of carbonyl (C=O) groups is 1. The van der Waals surface area contributed by atoms with Crippen molar-refractivity contribution in [3.8, 4) is 0 Å². The van der Waals surface area contributed by atoms with Crippen molar-refractivity contribution in [3.05, 3.63) is 0 Å². The molecule has 3 atom stereocenters. The average molecular weight is 168 g/mol. The van der Waals surface area contributed by atoms with Gasteiger partial charge in [-0.05, 0) is 31.6 Å². The molecule has 2 nitrogen and oxygen atoms in total. The van der Waals surface area contributed by atoms with Gasteiger partial charge in [0.1, 0.15) is 5.78 Å². The summed E-state index contributed by atoms with van der Waals surface area (Å²) >= 11 is 0. The van der Waals surface area contributed by atoms with Gasteiger partial charge in [-0.1, -0.05) is 6.92 Å². The van der Waals surface area contributed by atoms with Crippen molar-refractivity contribution in [1.82, 2.24) is 0 Å². The molecule has 0 saturated heterocycles. The standard InChI is InChI=1S/C10H16O2/c1-9-4-3-7(8(11)5-9)10(2,12)6-9/h7,12H,3-6H2,1-2H3/t7-,9+,10-/m0/s1. The molecule has 2 bridgehead atoms. The van der Waals surface area contributed by atoms with Gasteiger partial charge in [0.05, 0.1) is 5.60 Å². The second kappa shape index (κ2) is 2.11. The zero-order chi connectivity index (χ0) is 8.98. The van der Waals surface area contributed by atoms with E-state index in [0.29, 0.717) is 6.42 Å². The molecule has 0 aliphatic heterocycles. The lowest BCUT2D eigenvalue weighted by Gasteiger charge is -2.51. The Kier molecular flexibility index (Phi) is 1.45. The maximum atomic E-state index is 11.5. The summed E-state index contributed by atoms with van der Waals surface area (Å²) < 4.78 is 0. The van der Waals surface area contributed by atoms with Gasteiger partial charge in [0.2, 0.25) is 0 Å². The lowest BCUT2D eigenvalue weighted by atomic mass is 9.55. The number of hydrogen-bond donors (Lipinski definition) is 1. The van der Waals surface area contributed by atoms with Crippen LogP contribution in [0.4, 0.5) is 0 Å². The number of fused-ring (bicyclic) bond motifs is 3. The summed E-state index contributed by atoms with van der Waals surface area (Å²) in [4.78, 5) is 11.5. The van der Waals surface area contributed by atoms with Crippen molar-refractivity contribution in [3.63, 3.8) is 0 Å². The molecule has 0 spiro atoms. The first-order valence-electron chi connectivity index (χ1n) is 4.68. The molecule has 0 aromatic rings. The minimum Gasteiger partial charge on any atom is -0.389 e. The maximum Gasteiger partial charge on any atom is 0.139 e. The zero-order valence-electron chi connectivity index (χ0n) is 7.76. The van der Waals surface area contributed by atoms with Crippen LogP contribution in [0, 0.1) is 11.3 Å². The highest BCUT2D eigenvalue weighted by molar-refractivity contribution is 5.84. The van der Waals surface area contributed by atoms with E-state index in [1.165, 1.54) is 0 Å². The van der Waals surface area contributed by atoms with Crippen LogP contribution in [0.25, 0.3) is 0 Å². The van der Waals surface area contributed by atoms with Gasteiger partial charge in [-0.3, -0.25) is 4.79 Å². The summed E-state index contributed by atoms with van der Waals surface area (Å²) in [6.07, 6.45) is 3.49. The van der Waals surface area contributed by atoms with E-state index in [1.54, 1.807) is 0 Å². The zero-order valence-corrected chi connectivity index (χ0v) is 7.76. The van der Waals surface area contributed by atoms with E-state index in [4.69, 9.17) is 0 Å². The average Bonchev–Trinajstić information content (AvgIpc) is 1.80. The first-order chi connectivity index (χ1) is 5.43. The summed E-state index contributed by atoms with van der Waals surface area (Å²) in [5.74, 6) is 0.208. The molecule has 3 fully saturated rings. The number of hydrogen-bond acceptors (Lipinski definition) is 2. The predicted molar refractivity (Wildman–Crippen MR) is 45.7 cm³/mol. The van der Waals surface area contributed by atoms with E-state index >= 15 is 0 Å². The smallest absolute Gasteiger partial charge is 0.139 e. The van der Waals surface area contributed by atoms with Gasteiger partial charge in [0, 0.05) is 12.3 Å². The molecule has 0 aromatic carbocycles. The fourth-order valence-electron chi connectivity index (χ4n) is 3.08. The molecule has 3 saturated carbocycles. The van der Waals surface area contributed by atoms with E-state index in [2.05, 4.69) is 6.92 Å². The van der Waals surface area contributed by atoms with Crippen LogP contribution in [0.5, 0.6) is 0 Å². The summed E-state index contributed by atoms with van der Waals surface area (Å²) in [5, 5.41) is 9.98. The van der Waals surface area contributed by atoms with Crippen molar-refractivity contribution in [2.45, 2.75) is 45.1 Å². The van der Waals surface area contributed by atoms with Gasteiger partial charge in [0.15, 0.2) is 0 Å². The molecule has 3 aliphatic rings. The highest BCUT2D eigenvalue weighted by atomic mass is 16.3. The molecule has 1 N–H and O–H groups in total. The Hall–Kier alpha value is -0.370. The SMILES string of the molecule is C[C@@]12CC[C@@H](C(=O)C1)[C@@](C)(O)C2. The molecule has 0 unspecified atom stereocenters. The second-order valence-electron chi connectivity index (χ2n) is 5.08. The molecule has 0 aromatic heterocycles. The minimum atomic E-state index is -0.720. The summed E-state index contributed by atoms with van der Waals surface area (Å²) in [6, 6.07) is 0. The Balaban J connectivity index is 2.34. The molecule has 2 heteroatoms. The summed E-state index contributed by atoms with van der Waals surface area (Å²) in [7, 11) is 0. The summed E-state index contributed by atoms with van der Waals surface area (Å²) in [5.41, 5.74) is -0.627. The van der Waals surface area contributed by atoms with Crippen LogP contribution >= 0.6 is 0 Å². The van der Waals surface area contributed by atoms with Crippen LogP contribution in [0.3, 0.4) is 0 Å². The topological polar surface area (TPSA) is 37.3 Å². The molecular formula is C10H16O2. The number of carbonyl (C=O) groups excluding carboxylic acids is 1. The van der Waals surface area contributed by atoms with Crippen LogP contribution < -0.4 is 0 Å². The van der Waals surface area contributed by atoms with Crippen LogP contribution in [0.1, 0.15) is 39.5 Å². The first kappa shape index (κ1) is 8.24. The van der Waals surface area contributed by atoms with Crippen LogP contribution in [0.2, 0.25) is 0 Å². The molecule has 0 heterocycles. The Morgan fingerprint density at radius 3 is 2.58 bits per heavy atom. The number of Topliss-reactive ketones (excluding diaryl/α,β-unsaturated/α-hetero) is 1. The van der Waals surface area contributed by atoms with E-state index in [-0.39, 0.29) is 17.1 Å². The van der Waals surface area contributed by atoms with E-state index < -0.39 is 5.60 Å². The Morgan fingerprint density at radius 1 is 1.50 bits per heavy atom. The van der Waals surface area contributed by atoms with Gasteiger partial charge in [0.25, 0.3) is 0 Å². The molecular weight excluding hydrogens is 152 g/mol. The van der Waals surface area contributed by atoms with Gasteiger partial charge >= 0.3 is 0 Å². The highest BCUT2D eigenvalue weighted by Crippen LogP contribution is 2.52. The van der Waals surface area contributed by atoms with E-state index in [1.807, 2.05) is 6.92 Å². The lowest BCUT2D eigenvalue weighted by Crippen LogP contribution is -2.54. The van der Waals surface area contributed by atoms with Gasteiger partial charge in [-0.15, -0.1) is 0 Å². The van der Waals surface area contributed by atoms with Crippen molar-refractivity contribution in [1.29, 1.82) is 0 Å². The number of rotatable bonds is 0. The van der Waals surface area contributed by atoms with Crippen LogP contribution in [-0.2, 0) is 4.79 Å². The van der Waals surface area contributed by atoms with Crippen molar-refractivity contribution < 1.29 is 9.90 Å². The van der Waals surface area contributed by atoms with Crippen molar-refractivity contribution >= 4 is 5.78 Å². The van der Waals surface area contributed by atoms with Crippen LogP contribution in [-0.4, -0.2) is 16.5 Å². The molecule has 0 radical (unpaired) electrons. The second-order valence-corrected chi connectivity index (χ2v) is 5.08. The van der Waals surface area contributed by atoms with Gasteiger partial charge in [-0.2, -0.15) is 0 Å². The van der Waals surface area contributed by atoms with Crippen molar-refractivity contribution in [2.24, 2.45) is 11.3 Å². The van der Waals surface area contributed by atoms with Gasteiger partial charge in [-0.25, -0.2) is 0 Å². The van der Waals surface area contributed by atoms with Gasteiger partial charge < -0.3 is 5.11 Å². The third-order valence-corrected chi connectivity index (χ3v) is 3.56. The summed E-state index contributed by atoms with van der Waals surface area (Å²) in [6.45, 7) is 3.93. The minimum absolute atomic E-state index is 0.0701. The fourth-order valence-corrected chi connectivity index (χ4v) is 3.08. The quantitative estimate of drug-likeness (QED) is 0.595. The van der Waals surface area contributed by atoms with Crippen LogP contribution in [0.15, 0.2) is 0 Å². The van der Waals surface area contributed by atoms with Crippen molar-refractivity contribution in [2.75, 3.05) is 0 Å². The molecule has 3 aliphatic carbocycles. The Morgan fingerprint density at radius 2 is 2.17 bits per heavy atom. The molecule has 0 amide bonds. The molecule has 68 valence electrons. The first-order valence-corrected chi connectivity index (χ1v) is 4.68. The third-order valence-electron chi connectivity index (χ3n) is 3.56. The fraction of sp³-hybridized carbons (Fsp3) is 0.900. The lowest BCUT2D eigenvalue weighted by molar-refractivity contribution is -0.157. The largest absolute Gasteiger partial charge is 0.389 e. The van der Waals surface area contributed by atoms with E-state index in [9.17, 15) is 9.90 Å². The third kappa shape index (κ3) is 1.01. The molecule has 12 heavy (non-hydrogen) atoms. The maximum absolute atomic E-state index is 11.5. The normalized spacial score (nSPS) is 52.9. The highest BCUT2D eigenvalue weighted by Gasteiger charge is 2.53. The Labute approximate surface area is 73.0 Å².